The molecule has 0 saturated carbocycles. The highest BCUT2D eigenvalue weighted by atomic mass is 31.2. The van der Waals surface area contributed by atoms with Crippen LogP contribution in [0.25, 0.3) is 0 Å². The van der Waals surface area contributed by atoms with E-state index >= 15 is 0 Å². The second-order valence-corrected chi connectivity index (χ2v) is 20.0. The van der Waals surface area contributed by atoms with Gasteiger partial charge in [0.2, 0.25) is 0 Å². The van der Waals surface area contributed by atoms with Crippen molar-refractivity contribution in [1.29, 1.82) is 0 Å². The third-order valence-electron chi connectivity index (χ3n) is 11.7. The molecule has 4 nitrogen and oxygen atoms in total. The van der Waals surface area contributed by atoms with E-state index in [2.05, 4.69) is 34.6 Å². The van der Waals surface area contributed by atoms with Crippen molar-refractivity contribution in [3.05, 3.63) is 28.3 Å². The summed E-state index contributed by atoms with van der Waals surface area (Å²) < 4.78 is 26.7. The van der Waals surface area contributed by atoms with Crippen LogP contribution in [0, 0.1) is 13.8 Å². The highest BCUT2D eigenvalue weighted by Gasteiger charge is 2.29. The number of rotatable bonds is 38. The molecule has 0 aliphatic heterocycles. The van der Waals surface area contributed by atoms with Crippen molar-refractivity contribution in [3.8, 4) is 5.75 Å². The second kappa shape index (κ2) is 33.2. The van der Waals surface area contributed by atoms with Gasteiger partial charge in [0, 0.05) is 0 Å². The highest BCUT2D eigenvalue weighted by molar-refractivity contribution is 7.53. The number of phenols is 1. The molecule has 5 heteroatoms. The molecule has 0 fully saturated rings. The van der Waals surface area contributed by atoms with Gasteiger partial charge >= 0.3 is 7.60 Å². The van der Waals surface area contributed by atoms with Gasteiger partial charge in [0.15, 0.2) is 0 Å². The molecule has 0 aliphatic rings. The topological polar surface area (TPSA) is 55.8 Å². The maximum Gasteiger partial charge on any atom is 0.335 e. The summed E-state index contributed by atoms with van der Waals surface area (Å²) in [4.78, 5) is 0. The smallest absolute Gasteiger partial charge is 0.335 e. The van der Waals surface area contributed by atoms with Gasteiger partial charge in [0.1, 0.15) is 5.75 Å². The predicted molar refractivity (Wildman–Crippen MR) is 239 cm³/mol. The maximum absolute atomic E-state index is 14.3. The number of hydrogen-bond acceptors (Lipinski definition) is 4. The number of benzene rings is 1. The first-order valence-corrected chi connectivity index (χ1v) is 25.5. The normalized spacial score (nSPS) is 12.3. The molecule has 0 aromatic heterocycles. The molecule has 1 aromatic carbocycles. The van der Waals surface area contributed by atoms with Gasteiger partial charge in [-0.15, -0.1) is 0 Å². The fourth-order valence-electron chi connectivity index (χ4n) is 7.75. The Kier molecular flexibility index (Phi) is 31.4. The molecule has 54 heavy (non-hydrogen) atoms. The Morgan fingerprint density at radius 3 is 1.04 bits per heavy atom. The lowest BCUT2D eigenvalue weighted by Gasteiger charge is -2.26. The summed E-state index contributed by atoms with van der Waals surface area (Å²) in [7, 11) is -3.34. The zero-order chi connectivity index (χ0) is 39.8. The maximum atomic E-state index is 14.3. The molecule has 0 aliphatic carbocycles. The first-order valence-electron chi connectivity index (χ1n) is 23.8. The molecule has 1 N–H and O–H groups in total. The van der Waals surface area contributed by atoms with E-state index in [-0.39, 0.29) is 11.6 Å². The van der Waals surface area contributed by atoms with E-state index < -0.39 is 7.60 Å². The second-order valence-electron chi connectivity index (χ2n) is 18.0. The van der Waals surface area contributed by atoms with Crippen molar-refractivity contribution in [2.24, 2.45) is 0 Å². The molecule has 0 bridgehead atoms. The standard InChI is InChI=1S/C49H93O4P/c1-8-10-12-14-16-18-20-22-24-26-28-30-32-34-36-38-40-52-54(51,43-46-42-47(49(5,6)7)48(50)45(4)44(46)3)53-41-39-37-35-33-31-29-27-25-23-21-19-17-15-13-11-9-2/h42,50H,8-41,43H2,1-7H3. The first kappa shape index (κ1) is 51.2. The fraction of sp³-hybridized carbons (Fsp3) is 0.878. The van der Waals surface area contributed by atoms with Crippen LogP contribution in [0.3, 0.4) is 0 Å². The third kappa shape index (κ3) is 26.2. The Bertz CT molecular complexity index is 1020. The number of aromatic hydroxyl groups is 1. The Labute approximate surface area is 338 Å². The van der Waals surface area contributed by atoms with Crippen molar-refractivity contribution < 1.29 is 18.7 Å². The van der Waals surface area contributed by atoms with Crippen LogP contribution >= 0.6 is 7.60 Å². The van der Waals surface area contributed by atoms with Crippen molar-refractivity contribution >= 4 is 7.60 Å². The first-order chi connectivity index (χ1) is 26.1. The van der Waals surface area contributed by atoms with E-state index in [9.17, 15) is 9.67 Å². The third-order valence-corrected chi connectivity index (χ3v) is 13.6. The van der Waals surface area contributed by atoms with Gasteiger partial charge in [-0.25, -0.2) is 0 Å². The van der Waals surface area contributed by atoms with Crippen LogP contribution in [-0.4, -0.2) is 18.3 Å². The van der Waals surface area contributed by atoms with Gasteiger partial charge in [0.05, 0.1) is 19.4 Å². The molecule has 0 saturated heterocycles. The molecular formula is C49H93O4P. The van der Waals surface area contributed by atoms with Gasteiger partial charge < -0.3 is 14.2 Å². The molecule has 0 atom stereocenters. The van der Waals surface area contributed by atoms with E-state index in [0.717, 1.165) is 47.9 Å². The summed E-state index contributed by atoms with van der Waals surface area (Å²) in [5.74, 6) is 0.349. The van der Waals surface area contributed by atoms with E-state index in [4.69, 9.17) is 9.05 Å². The van der Waals surface area contributed by atoms with Crippen LogP contribution in [0.2, 0.25) is 0 Å². The van der Waals surface area contributed by atoms with Gasteiger partial charge in [0.25, 0.3) is 0 Å². The van der Waals surface area contributed by atoms with Crippen molar-refractivity contribution in [2.45, 2.75) is 266 Å². The molecule has 0 radical (unpaired) electrons. The van der Waals surface area contributed by atoms with Crippen molar-refractivity contribution in [2.75, 3.05) is 13.2 Å². The van der Waals surface area contributed by atoms with Crippen LogP contribution in [0.1, 0.15) is 262 Å². The van der Waals surface area contributed by atoms with Gasteiger partial charge in [-0.05, 0) is 54.4 Å². The average Bonchev–Trinajstić information content (AvgIpc) is 3.14. The minimum Gasteiger partial charge on any atom is -0.507 e. The lowest BCUT2D eigenvalue weighted by atomic mass is 9.83. The van der Waals surface area contributed by atoms with Crippen LogP contribution in [-0.2, 0) is 25.2 Å². The summed E-state index contributed by atoms with van der Waals surface area (Å²) in [5, 5.41) is 10.9. The SMILES string of the molecule is CCCCCCCCCCCCCCCCCCOP(=O)(Cc1cc(C(C)(C)C)c(O)c(C)c1C)OCCCCCCCCCCCCCCCCCC. The summed E-state index contributed by atoms with van der Waals surface area (Å²) in [6.45, 7) is 15.9. The molecule has 318 valence electrons. The average molecular weight is 777 g/mol. The molecule has 1 aromatic rings. The van der Waals surface area contributed by atoms with E-state index in [1.54, 1.807) is 0 Å². The van der Waals surface area contributed by atoms with Gasteiger partial charge in [-0.2, -0.15) is 0 Å². The van der Waals surface area contributed by atoms with Crippen LogP contribution < -0.4 is 0 Å². The summed E-state index contributed by atoms with van der Waals surface area (Å²) in [5.41, 5.74) is 3.49. The molecular weight excluding hydrogens is 684 g/mol. The predicted octanol–water partition coefficient (Wildman–Crippen LogP) is 17.6. The quantitative estimate of drug-likeness (QED) is 0.0537. The van der Waals surface area contributed by atoms with Crippen LogP contribution in [0.4, 0.5) is 0 Å². The Morgan fingerprint density at radius 2 is 0.759 bits per heavy atom. The highest BCUT2D eigenvalue weighted by Crippen LogP contribution is 2.53. The minimum atomic E-state index is -3.34. The molecule has 0 heterocycles. The fourth-order valence-corrected chi connectivity index (χ4v) is 9.57. The van der Waals surface area contributed by atoms with E-state index in [1.807, 2.05) is 19.9 Å². The van der Waals surface area contributed by atoms with Gasteiger partial charge in [-0.3, -0.25) is 4.57 Å². The van der Waals surface area contributed by atoms with Gasteiger partial charge in [-0.1, -0.05) is 233 Å². The summed E-state index contributed by atoms with van der Waals surface area (Å²) >= 11 is 0. The number of phenolic OH excluding ortho intramolecular Hbond substituents is 1. The van der Waals surface area contributed by atoms with Crippen molar-refractivity contribution in [3.63, 3.8) is 0 Å². The van der Waals surface area contributed by atoms with E-state index in [0.29, 0.717) is 19.0 Å². The minimum absolute atomic E-state index is 0.218. The monoisotopic (exact) mass is 777 g/mol. The van der Waals surface area contributed by atoms with Crippen LogP contribution in [0.5, 0.6) is 5.75 Å². The summed E-state index contributed by atoms with van der Waals surface area (Å²) in [6, 6.07) is 2.04. The molecule has 0 amide bonds. The largest absolute Gasteiger partial charge is 0.507 e. The zero-order valence-corrected chi connectivity index (χ0v) is 38.3. The lowest BCUT2D eigenvalue weighted by Crippen LogP contribution is -2.14. The Balaban J connectivity index is 2.40. The van der Waals surface area contributed by atoms with Crippen LogP contribution in [0.15, 0.2) is 6.07 Å². The molecule has 0 spiro atoms. The Hall–Kier alpha value is -0.830. The Morgan fingerprint density at radius 1 is 0.481 bits per heavy atom. The van der Waals surface area contributed by atoms with Crippen molar-refractivity contribution in [1.82, 2.24) is 0 Å². The number of unbranched alkanes of at least 4 members (excludes halogenated alkanes) is 30. The number of hydrogen-bond donors (Lipinski definition) is 1. The van der Waals surface area contributed by atoms with E-state index in [1.165, 1.54) is 180 Å². The summed E-state index contributed by atoms with van der Waals surface area (Å²) in [6.07, 6.45) is 42.8. The molecule has 1 rings (SSSR count). The molecule has 0 unspecified atom stereocenters. The lowest BCUT2D eigenvalue weighted by molar-refractivity contribution is 0.196. The zero-order valence-electron chi connectivity index (χ0n) is 37.4.